The number of carbonyl (C=O) groups is 1. The lowest BCUT2D eigenvalue weighted by molar-refractivity contribution is 0.0684. The first-order valence-electron chi connectivity index (χ1n) is 5.11. The highest BCUT2D eigenvalue weighted by atomic mass is 16.4. The third kappa shape index (κ3) is 1.58. The van der Waals surface area contributed by atoms with E-state index in [1.54, 1.807) is 18.2 Å². The van der Waals surface area contributed by atoms with E-state index >= 15 is 0 Å². The van der Waals surface area contributed by atoms with Crippen LogP contribution in [0.5, 0.6) is 0 Å². The first-order valence-corrected chi connectivity index (χ1v) is 5.11. The number of hydrogen-bond donors (Lipinski definition) is 1. The Morgan fingerprint density at radius 2 is 2.06 bits per heavy atom. The van der Waals surface area contributed by atoms with Crippen LogP contribution in [0.3, 0.4) is 0 Å². The van der Waals surface area contributed by atoms with Gasteiger partial charge in [-0.2, -0.15) is 5.10 Å². The number of para-hydroxylation sites is 1. The van der Waals surface area contributed by atoms with Gasteiger partial charge in [0.15, 0.2) is 5.82 Å². The van der Waals surface area contributed by atoms with E-state index in [9.17, 15) is 4.79 Å². The van der Waals surface area contributed by atoms with Gasteiger partial charge in [-0.1, -0.05) is 12.1 Å². The number of benzene rings is 1. The van der Waals surface area contributed by atoms with Crippen molar-refractivity contribution in [3.05, 3.63) is 42.7 Å². The summed E-state index contributed by atoms with van der Waals surface area (Å²) in [5.74, 6) is -1.04. The molecule has 0 radical (unpaired) electrons. The molecule has 3 aromatic rings. The fourth-order valence-electron chi connectivity index (χ4n) is 1.65. The molecule has 0 amide bonds. The molecule has 2 aromatic heterocycles. The number of carboxylic acids is 1. The normalized spacial score (nSPS) is 10.7. The van der Waals surface area contributed by atoms with E-state index in [0.29, 0.717) is 16.7 Å². The molecular formula is C11H7N5O2. The highest BCUT2D eigenvalue weighted by Crippen LogP contribution is 2.18. The Balaban J connectivity index is 2.37. The quantitative estimate of drug-likeness (QED) is 0.716. The van der Waals surface area contributed by atoms with Crippen LogP contribution in [0.1, 0.15) is 10.6 Å². The Morgan fingerprint density at radius 3 is 2.78 bits per heavy atom. The van der Waals surface area contributed by atoms with Gasteiger partial charge in [-0.05, 0) is 12.1 Å². The molecule has 0 atom stereocenters. The molecule has 88 valence electrons. The molecule has 0 fully saturated rings. The summed E-state index contributed by atoms with van der Waals surface area (Å²) in [5, 5.41) is 13.7. The van der Waals surface area contributed by atoms with Crippen molar-refractivity contribution in [2.75, 3.05) is 0 Å². The predicted octanol–water partition coefficient (Wildman–Crippen LogP) is 0.909. The summed E-state index contributed by atoms with van der Waals surface area (Å²) in [6, 6.07) is 7.14. The smallest absolute Gasteiger partial charge is 0.374 e. The van der Waals surface area contributed by atoms with Gasteiger partial charge in [-0.25, -0.2) is 24.4 Å². The second kappa shape index (κ2) is 3.88. The highest BCUT2D eigenvalue weighted by Gasteiger charge is 2.13. The van der Waals surface area contributed by atoms with E-state index in [4.69, 9.17) is 5.11 Å². The second-order valence-electron chi connectivity index (χ2n) is 3.53. The zero-order valence-electron chi connectivity index (χ0n) is 9.06. The minimum atomic E-state index is -1.18. The van der Waals surface area contributed by atoms with E-state index < -0.39 is 5.97 Å². The Bertz CT molecular complexity index is 723. The van der Waals surface area contributed by atoms with Crippen LogP contribution >= 0.6 is 0 Å². The summed E-state index contributed by atoms with van der Waals surface area (Å²) in [7, 11) is 0. The molecule has 0 aliphatic heterocycles. The summed E-state index contributed by atoms with van der Waals surface area (Å²) >= 11 is 0. The first-order chi connectivity index (χ1) is 8.75. The number of rotatable bonds is 2. The van der Waals surface area contributed by atoms with Crippen molar-refractivity contribution in [2.45, 2.75) is 0 Å². The molecule has 0 saturated carbocycles. The standard InChI is InChI=1S/C11H7N5O2/c17-11(18)9-14-8-4-2-1-3-7(8)10(15-9)16-6-12-5-13-16/h1-6H,(H,17,18). The van der Waals surface area contributed by atoms with Crippen LogP contribution in [0.15, 0.2) is 36.9 Å². The van der Waals surface area contributed by atoms with Crippen LogP contribution in [0.25, 0.3) is 16.7 Å². The molecule has 1 aromatic carbocycles. The molecule has 3 rings (SSSR count). The van der Waals surface area contributed by atoms with Crippen LogP contribution in [0.4, 0.5) is 0 Å². The summed E-state index contributed by atoms with van der Waals surface area (Å²) in [6.45, 7) is 0. The third-order valence-corrected chi connectivity index (χ3v) is 2.41. The van der Waals surface area contributed by atoms with E-state index in [0.717, 1.165) is 0 Å². The Morgan fingerprint density at radius 1 is 1.22 bits per heavy atom. The number of aromatic nitrogens is 5. The van der Waals surface area contributed by atoms with Gasteiger partial charge in [0, 0.05) is 5.39 Å². The maximum Gasteiger partial charge on any atom is 0.374 e. The zero-order chi connectivity index (χ0) is 12.5. The molecule has 7 heteroatoms. The van der Waals surface area contributed by atoms with Crippen molar-refractivity contribution in [3.63, 3.8) is 0 Å². The van der Waals surface area contributed by atoms with Crippen LogP contribution in [-0.2, 0) is 0 Å². The summed E-state index contributed by atoms with van der Waals surface area (Å²) in [5.41, 5.74) is 0.551. The van der Waals surface area contributed by atoms with Gasteiger partial charge in [0.05, 0.1) is 5.52 Å². The molecular weight excluding hydrogens is 234 g/mol. The molecule has 0 bridgehead atoms. The fourth-order valence-corrected chi connectivity index (χ4v) is 1.65. The van der Waals surface area contributed by atoms with E-state index in [1.165, 1.54) is 17.3 Å². The molecule has 18 heavy (non-hydrogen) atoms. The minimum Gasteiger partial charge on any atom is -0.475 e. The zero-order valence-corrected chi connectivity index (χ0v) is 9.06. The number of fused-ring (bicyclic) bond motifs is 1. The van der Waals surface area contributed by atoms with Gasteiger partial charge < -0.3 is 5.11 Å². The number of nitrogens with zero attached hydrogens (tertiary/aromatic N) is 5. The van der Waals surface area contributed by atoms with Crippen LogP contribution in [0, 0.1) is 0 Å². The fraction of sp³-hybridized carbons (Fsp3) is 0. The largest absolute Gasteiger partial charge is 0.475 e. The number of hydrogen-bond acceptors (Lipinski definition) is 5. The lowest BCUT2D eigenvalue weighted by Gasteiger charge is -2.05. The molecule has 7 nitrogen and oxygen atoms in total. The Hall–Kier alpha value is -2.83. The monoisotopic (exact) mass is 241 g/mol. The number of carboxylic acid groups (broad SMARTS) is 1. The van der Waals surface area contributed by atoms with Crippen LogP contribution in [-0.4, -0.2) is 35.8 Å². The second-order valence-corrected chi connectivity index (χ2v) is 3.53. The topological polar surface area (TPSA) is 93.8 Å². The molecule has 0 aliphatic carbocycles. The van der Waals surface area contributed by atoms with Crippen molar-refractivity contribution < 1.29 is 9.90 Å². The minimum absolute atomic E-state index is 0.265. The Labute approximate surface area is 101 Å². The molecule has 1 N–H and O–H groups in total. The number of aromatic carboxylic acids is 1. The third-order valence-electron chi connectivity index (χ3n) is 2.41. The molecule has 0 saturated heterocycles. The molecule has 0 unspecified atom stereocenters. The average Bonchev–Trinajstić information content (AvgIpc) is 2.91. The van der Waals surface area contributed by atoms with E-state index in [2.05, 4.69) is 20.1 Å². The summed E-state index contributed by atoms with van der Waals surface area (Å²) in [6.07, 6.45) is 2.82. The van der Waals surface area contributed by atoms with Crippen molar-refractivity contribution >= 4 is 16.9 Å². The van der Waals surface area contributed by atoms with Gasteiger partial charge in [0.1, 0.15) is 12.7 Å². The lowest BCUT2D eigenvalue weighted by Crippen LogP contribution is -2.09. The van der Waals surface area contributed by atoms with Gasteiger partial charge in [-0.3, -0.25) is 0 Å². The molecule has 0 spiro atoms. The van der Waals surface area contributed by atoms with E-state index in [1.807, 2.05) is 6.07 Å². The van der Waals surface area contributed by atoms with Crippen molar-refractivity contribution in [3.8, 4) is 5.82 Å². The molecule has 0 aliphatic rings. The summed E-state index contributed by atoms with van der Waals surface area (Å²) < 4.78 is 1.41. The first kappa shape index (κ1) is 10.3. The molecule has 2 heterocycles. The maximum absolute atomic E-state index is 11.0. The highest BCUT2D eigenvalue weighted by molar-refractivity contribution is 5.90. The predicted molar refractivity (Wildman–Crippen MR) is 61.4 cm³/mol. The van der Waals surface area contributed by atoms with Crippen molar-refractivity contribution in [1.82, 2.24) is 24.7 Å². The van der Waals surface area contributed by atoms with Gasteiger partial charge in [-0.15, -0.1) is 0 Å². The van der Waals surface area contributed by atoms with Crippen LogP contribution in [0.2, 0.25) is 0 Å². The van der Waals surface area contributed by atoms with Gasteiger partial charge in [0.25, 0.3) is 0 Å². The van der Waals surface area contributed by atoms with Gasteiger partial charge in [0.2, 0.25) is 5.82 Å². The SMILES string of the molecule is O=C(O)c1nc(-n2cncn2)c2ccccc2n1. The maximum atomic E-state index is 11.0. The van der Waals surface area contributed by atoms with Gasteiger partial charge >= 0.3 is 5.97 Å². The van der Waals surface area contributed by atoms with Crippen molar-refractivity contribution in [2.24, 2.45) is 0 Å². The summed E-state index contributed by atoms with van der Waals surface area (Å²) in [4.78, 5) is 22.8. The average molecular weight is 241 g/mol. The lowest BCUT2D eigenvalue weighted by atomic mass is 10.2. The van der Waals surface area contributed by atoms with Crippen molar-refractivity contribution in [1.29, 1.82) is 0 Å². The Kier molecular flexibility index (Phi) is 2.23. The van der Waals surface area contributed by atoms with E-state index in [-0.39, 0.29) is 5.82 Å². The van der Waals surface area contributed by atoms with Crippen LogP contribution < -0.4 is 0 Å².